The summed E-state index contributed by atoms with van der Waals surface area (Å²) >= 11 is 0. The summed E-state index contributed by atoms with van der Waals surface area (Å²) in [5.41, 5.74) is -0.285. The Morgan fingerprint density at radius 2 is 2.14 bits per heavy atom. The van der Waals surface area contributed by atoms with Crippen molar-refractivity contribution in [3.8, 4) is 5.75 Å². The van der Waals surface area contributed by atoms with Crippen molar-refractivity contribution in [2.75, 3.05) is 13.2 Å². The van der Waals surface area contributed by atoms with Crippen molar-refractivity contribution in [2.45, 2.75) is 39.8 Å². The van der Waals surface area contributed by atoms with Crippen molar-refractivity contribution >= 4 is 5.69 Å². The van der Waals surface area contributed by atoms with Crippen LogP contribution in [-0.4, -0.2) is 28.8 Å². The average Bonchev–Trinajstić information content (AvgIpc) is 2.43. The topological polar surface area (TPSA) is 84.6 Å². The zero-order valence-corrected chi connectivity index (χ0v) is 13.0. The van der Waals surface area contributed by atoms with Crippen LogP contribution >= 0.6 is 0 Å². The van der Waals surface area contributed by atoms with Gasteiger partial charge in [-0.3, -0.25) is 10.1 Å². The molecule has 0 saturated carbocycles. The molecule has 1 rings (SSSR count). The van der Waals surface area contributed by atoms with Crippen LogP contribution in [0.2, 0.25) is 0 Å². The monoisotopic (exact) mass is 296 g/mol. The second kappa shape index (κ2) is 7.38. The van der Waals surface area contributed by atoms with Crippen molar-refractivity contribution in [1.29, 1.82) is 0 Å². The standard InChI is InChI=1S/C15H24N2O4/c1-5-16-9-12-6-7-14(13(8-12)17(19)20)21-10-15(4,18)11(2)3/h6-8,11,16,18H,5,9-10H2,1-4H3. The van der Waals surface area contributed by atoms with Gasteiger partial charge < -0.3 is 15.2 Å². The van der Waals surface area contributed by atoms with E-state index in [2.05, 4.69) is 5.32 Å². The van der Waals surface area contributed by atoms with Crippen molar-refractivity contribution in [1.82, 2.24) is 5.32 Å². The van der Waals surface area contributed by atoms with Gasteiger partial charge in [0.15, 0.2) is 5.75 Å². The van der Waals surface area contributed by atoms with Gasteiger partial charge in [0.05, 0.1) is 10.5 Å². The molecular formula is C15H24N2O4. The molecule has 1 atom stereocenters. The summed E-state index contributed by atoms with van der Waals surface area (Å²) in [6.07, 6.45) is 0. The van der Waals surface area contributed by atoms with E-state index in [1.807, 2.05) is 20.8 Å². The normalized spacial score (nSPS) is 14.0. The highest BCUT2D eigenvalue weighted by Crippen LogP contribution is 2.29. The molecule has 6 heteroatoms. The summed E-state index contributed by atoms with van der Waals surface area (Å²) in [4.78, 5) is 10.7. The summed E-state index contributed by atoms with van der Waals surface area (Å²) in [7, 11) is 0. The van der Waals surface area contributed by atoms with E-state index in [9.17, 15) is 15.2 Å². The van der Waals surface area contributed by atoms with Crippen molar-refractivity contribution in [2.24, 2.45) is 5.92 Å². The fourth-order valence-electron chi connectivity index (χ4n) is 1.60. The number of rotatable bonds is 8. The molecule has 0 aromatic heterocycles. The number of nitro groups is 1. The molecule has 0 bridgehead atoms. The second-order valence-corrected chi connectivity index (χ2v) is 5.64. The molecule has 0 fully saturated rings. The van der Waals surface area contributed by atoms with Crippen LogP contribution in [0.3, 0.4) is 0 Å². The Balaban J connectivity index is 2.89. The van der Waals surface area contributed by atoms with Crippen molar-refractivity contribution in [3.63, 3.8) is 0 Å². The third-order valence-corrected chi connectivity index (χ3v) is 3.56. The van der Waals surface area contributed by atoms with E-state index in [-0.39, 0.29) is 24.0 Å². The predicted molar refractivity (Wildman–Crippen MR) is 81.4 cm³/mol. The van der Waals surface area contributed by atoms with Crippen molar-refractivity contribution < 1.29 is 14.8 Å². The number of hydrogen-bond acceptors (Lipinski definition) is 5. The molecule has 0 heterocycles. The van der Waals surface area contributed by atoms with Crippen LogP contribution in [0.5, 0.6) is 5.75 Å². The van der Waals surface area contributed by atoms with Crippen LogP contribution in [0.4, 0.5) is 5.69 Å². The van der Waals surface area contributed by atoms with E-state index in [1.165, 1.54) is 6.07 Å². The molecule has 0 aliphatic heterocycles. The van der Waals surface area contributed by atoms with E-state index in [0.717, 1.165) is 12.1 Å². The van der Waals surface area contributed by atoms with Gasteiger partial charge in [-0.1, -0.05) is 26.8 Å². The maximum Gasteiger partial charge on any atom is 0.311 e. The van der Waals surface area contributed by atoms with Crippen LogP contribution in [0.25, 0.3) is 0 Å². The van der Waals surface area contributed by atoms with Gasteiger partial charge in [0.2, 0.25) is 0 Å². The Kier molecular flexibility index (Phi) is 6.11. The van der Waals surface area contributed by atoms with E-state index >= 15 is 0 Å². The van der Waals surface area contributed by atoms with Crippen LogP contribution in [0, 0.1) is 16.0 Å². The minimum atomic E-state index is -1.03. The lowest BCUT2D eigenvalue weighted by Crippen LogP contribution is -2.37. The van der Waals surface area contributed by atoms with E-state index < -0.39 is 10.5 Å². The first-order chi connectivity index (χ1) is 9.77. The molecule has 0 radical (unpaired) electrons. The molecular weight excluding hydrogens is 272 g/mol. The maximum absolute atomic E-state index is 11.1. The summed E-state index contributed by atoms with van der Waals surface area (Å²) < 4.78 is 5.47. The molecule has 0 spiro atoms. The van der Waals surface area contributed by atoms with Gasteiger partial charge in [-0.05, 0) is 31.0 Å². The molecule has 0 aliphatic carbocycles. The van der Waals surface area contributed by atoms with Gasteiger partial charge in [0, 0.05) is 12.6 Å². The lowest BCUT2D eigenvalue weighted by atomic mass is 9.94. The lowest BCUT2D eigenvalue weighted by Gasteiger charge is -2.27. The Morgan fingerprint density at radius 1 is 1.48 bits per heavy atom. The molecule has 0 saturated heterocycles. The number of aliphatic hydroxyl groups is 1. The molecule has 118 valence electrons. The van der Waals surface area contributed by atoms with Crippen LogP contribution in [0.1, 0.15) is 33.3 Å². The summed E-state index contributed by atoms with van der Waals surface area (Å²) in [6.45, 7) is 8.75. The Bertz CT molecular complexity index is 487. The fourth-order valence-corrected chi connectivity index (χ4v) is 1.60. The predicted octanol–water partition coefficient (Wildman–Crippen LogP) is 2.49. The SMILES string of the molecule is CCNCc1ccc(OCC(C)(O)C(C)C)c([N+](=O)[O-])c1. The first-order valence-electron chi connectivity index (χ1n) is 7.11. The summed E-state index contributed by atoms with van der Waals surface area (Å²) in [5.74, 6) is 0.172. The molecule has 6 nitrogen and oxygen atoms in total. The minimum absolute atomic E-state index is 0.00964. The van der Waals surface area contributed by atoms with Gasteiger partial charge in [-0.2, -0.15) is 0 Å². The average molecular weight is 296 g/mol. The van der Waals surface area contributed by atoms with Gasteiger partial charge in [0.1, 0.15) is 6.61 Å². The van der Waals surface area contributed by atoms with Crippen LogP contribution in [0.15, 0.2) is 18.2 Å². The molecule has 1 aromatic rings. The molecule has 1 unspecified atom stereocenters. The smallest absolute Gasteiger partial charge is 0.311 e. The van der Waals surface area contributed by atoms with Crippen molar-refractivity contribution in [3.05, 3.63) is 33.9 Å². The van der Waals surface area contributed by atoms with Gasteiger partial charge in [0.25, 0.3) is 0 Å². The zero-order valence-electron chi connectivity index (χ0n) is 13.0. The lowest BCUT2D eigenvalue weighted by molar-refractivity contribution is -0.386. The Hall–Kier alpha value is -1.66. The molecule has 1 aromatic carbocycles. The van der Waals surface area contributed by atoms with Crippen LogP contribution in [-0.2, 0) is 6.54 Å². The summed E-state index contributed by atoms with van der Waals surface area (Å²) in [6, 6.07) is 4.87. The number of nitrogens with one attached hydrogen (secondary N) is 1. The number of ether oxygens (including phenoxy) is 1. The Labute approximate surface area is 125 Å². The molecule has 2 N–H and O–H groups in total. The van der Waals surface area contributed by atoms with E-state index in [0.29, 0.717) is 6.54 Å². The third-order valence-electron chi connectivity index (χ3n) is 3.56. The first-order valence-corrected chi connectivity index (χ1v) is 7.11. The molecule has 0 amide bonds. The number of hydrogen-bond donors (Lipinski definition) is 2. The second-order valence-electron chi connectivity index (χ2n) is 5.64. The van der Waals surface area contributed by atoms with E-state index in [1.54, 1.807) is 19.1 Å². The molecule has 0 aliphatic rings. The minimum Gasteiger partial charge on any atom is -0.484 e. The highest BCUT2D eigenvalue weighted by molar-refractivity contribution is 5.48. The molecule has 21 heavy (non-hydrogen) atoms. The first kappa shape index (κ1) is 17.4. The van der Waals surface area contributed by atoms with E-state index in [4.69, 9.17) is 4.74 Å². The maximum atomic E-state index is 11.1. The highest BCUT2D eigenvalue weighted by Gasteiger charge is 2.27. The quantitative estimate of drug-likeness (QED) is 0.568. The Morgan fingerprint density at radius 3 is 2.67 bits per heavy atom. The zero-order chi connectivity index (χ0) is 16.0. The van der Waals surface area contributed by atoms with Crippen LogP contribution < -0.4 is 10.1 Å². The number of benzene rings is 1. The summed E-state index contributed by atoms with van der Waals surface area (Å²) in [5, 5.41) is 24.4. The highest BCUT2D eigenvalue weighted by atomic mass is 16.6. The number of nitro benzene ring substituents is 1. The van der Waals surface area contributed by atoms with Gasteiger partial charge in [-0.15, -0.1) is 0 Å². The van der Waals surface area contributed by atoms with Gasteiger partial charge >= 0.3 is 5.69 Å². The fraction of sp³-hybridized carbons (Fsp3) is 0.600. The number of nitrogens with zero attached hydrogens (tertiary/aromatic N) is 1. The van der Waals surface area contributed by atoms with Gasteiger partial charge in [-0.25, -0.2) is 0 Å². The third kappa shape index (κ3) is 4.99. The largest absolute Gasteiger partial charge is 0.484 e.